The second-order valence-corrected chi connectivity index (χ2v) is 10.4. The van der Waals surface area contributed by atoms with E-state index in [0.717, 1.165) is 5.56 Å². The van der Waals surface area contributed by atoms with Gasteiger partial charge in [0.15, 0.2) is 12.0 Å². The summed E-state index contributed by atoms with van der Waals surface area (Å²) in [5.41, 5.74) is 3.72. The number of aldehydes is 1. The maximum Gasteiger partial charge on any atom is 0.270 e. The number of nitrogens with one attached hydrogen (secondary N) is 2. The molecule has 1 aromatic heterocycles. The van der Waals surface area contributed by atoms with Gasteiger partial charge in [-0.25, -0.2) is 4.98 Å². The molecule has 0 radical (unpaired) electrons. The highest BCUT2D eigenvalue weighted by Gasteiger charge is 2.45. The number of amides is 2. The number of hydrogen-bond donors (Lipinski definition) is 2. The van der Waals surface area contributed by atoms with Crippen LogP contribution in [0.1, 0.15) is 61.4 Å². The van der Waals surface area contributed by atoms with Gasteiger partial charge < -0.3 is 20.4 Å². The molecule has 1 aromatic carbocycles. The van der Waals surface area contributed by atoms with Gasteiger partial charge in [0.2, 0.25) is 5.91 Å². The number of likely N-dealkylation sites (tertiary alicyclic amines) is 1. The van der Waals surface area contributed by atoms with Crippen LogP contribution in [0.3, 0.4) is 0 Å². The Morgan fingerprint density at radius 3 is 2.67 bits per heavy atom. The molecule has 0 saturated carbocycles. The number of halogens is 1. The smallest absolute Gasteiger partial charge is 0.270 e. The molecule has 0 bridgehead atoms. The van der Waals surface area contributed by atoms with Crippen molar-refractivity contribution in [2.45, 2.75) is 52.6 Å². The number of pyridine rings is 1. The minimum Gasteiger partial charge on any atom is -0.452 e. The van der Waals surface area contributed by atoms with Crippen molar-refractivity contribution in [3.05, 3.63) is 70.2 Å². The van der Waals surface area contributed by atoms with Crippen LogP contribution in [0.5, 0.6) is 5.75 Å². The van der Waals surface area contributed by atoms with Gasteiger partial charge in [-0.15, -0.1) is 0 Å². The van der Waals surface area contributed by atoms with Crippen molar-refractivity contribution in [1.29, 1.82) is 5.26 Å². The third-order valence-electron chi connectivity index (χ3n) is 6.68. The topological polar surface area (TPSA) is 137 Å². The van der Waals surface area contributed by atoms with E-state index in [9.17, 15) is 19.6 Å². The molecule has 3 rings (SSSR count). The number of benzene rings is 1. The van der Waals surface area contributed by atoms with Gasteiger partial charge in [-0.2, -0.15) is 10.4 Å². The predicted molar refractivity (Wildman–Crippen MR) is 152 cm³/mol. The Hall–Kier alpha value is -4.23. The van der Waals surface area contributed by atoms with Crippen molar-refractivity contribution < 1.29 is 19.1 Å². The highest BCUT2D eigenvalue weighted by Crippen LogP contribution is 2.43. The van der Waals surface area contributed by atoms with Gasteiger partial charge in [0, 0.05) is 18.1 Å². The van der Waals surface area contributed by atoms with Gasteiger partial charge in [0.05, 0.1) is 41.5 Å². The number of allylic oxidation sites excluding steroid dienone is 2. The fourth-order valence-electron chi connectivity index (χ4n) is 4.73. The summed E-state index contributed by atoms with van der Waals surface area (Å²) < 4.78 is 5.62. The van der Waals surface area contributed by atoms with E-state index < -0.39 is 11.3 Å². The molecule has 0 aliphatic carbocycles. The van der Waals surface area contributed by atoms with E-state index in [0.29, 0.717) is 41.3 Å². The number of nitrogens with zero attached hydrogens (tertiary/aromatic N) is 4. The normalized spacial score (nSPS) is 17.7. The number of ether oxygens (including phenoxy) is 1. The van der Waals surface area contributed by atoms with Crippen LogP contribution in [0.15, 0.2) is 53.3 Å². The van der Waals surface area contributed by atoms with Crippen molar-refractivity contribution in [3.63, 3.8) is 0 Å². The first kappa shape index (κ1) is 30.3. The molecule has 1 aliphatic rings. The Morgan fingerprint density at radius 1 is 1.30 bits per heavy atom. The Kier molecular flexibility index (Phi) is 10.0. The average Bonchev–Trinajstić information content (AvgIpc) is 3.38. The first-order valence-corrected chi connectivity index (χ1v) is 13.2. The van der Waals surface area contributed by atoms with Gasteiger partial charge in [0.1, 0.15) is 11.4 Å². The SMILES string of the molecule is CN/N=C(C)\C=C(/C=O)Oc1ccc(C(=O)NCC(=O)N2C(c3cccc(Cl)c3)CCC2C(C)(C)C#N)nc1C. The van der Waals surface area contributed by atoms with E-state index >= 15 is 0 Å². The van der Waals surface area contributed by atoms with E-state index in [2.05, 4.69) is 26.9 Å². The average molecular weight is 565 g/mol. The van der Waals surface area contributed by atoms with Gasteiger partial charge in [-0.1, -0.05) is 23.7 Å². The zero-order valence-electron chi connectivity index (χ0n) is 23.2. The quantitative estimate of drug-likeness (QED) is 0.146. The summed E-state index contributed by atoms with van der Waals surface area (Å²) in [4.78, 5) is 43.8. The lowest BCUT2D eigenvalue weighted by molar-refractivity contribution is -0.134. The van der Waals surface area contributed by atoms with Crippen molar-refractivity contribution in [1.82, 2.24) is 20.6 Å². The van der Waals surface area contributed by atoms with Crippen molar-refractivity contribution >= 4 is 35.4 Å². The summed E-state index contributed by atoms with van der Waals surface area (Å²) in [6.07, 6.45) is 3.34. The van der Waals surface area contributed by atoms with Crippen LogP contribution in [-0.2, 0) is 9.59 Å². The Morgan fingerprint density at radius 2 is 2.05 bits per heavy atom. The monoisotopic (exact) mass is 564 g/mol. The van der Waals surface area contributed by atoms with Crippen molar-refractivity contribution in [2.24, 2.45) is 10.5 Å². The van der Waals surface area contributed by atoms with Gasteiger partial charge in [-0.05, 0) is 70.4 Å². The van der Waals surface area contributed by atoms with Gasteiger partial charge in [-0.3, -0.25) is 14.4 Å². The minimum absolute atomic E-state index is 0.0268. The van der Waals surface area contributed by atoms with Crippen LogP contribution in [0.25, 0.3) is 0 Å². The van der Waals surface area contributed by atoms with E-state index in [-0.39, 0.29) is 36.0 Å². The second kappa shape index (κ2) is 13.2. The molecule has 2 aromatic rings. The molecule has 40 heavy (non-hydrogen) atoms. The number of carbonyl (C=O) groups excluding carboxylic acids is 3. The second-order valence-electron chi connectivity index (χ2n) is 10.0. The van der Waals surface area contributed by atoms with Gasteiger partial charge in [0.25, 0.3) is 5.91 Å². The maximum absolute atomic E-state index is 13.5. The van der Waals surface area contributed by atoms with E-state index in [4.69, 9.17) is 16.3 Å². The van der Waals surface area contributed by atoms with E-state index in [1.54, 1.807) is 31.9 Å². The summed E-state index contributed by atoms with van der Waals surface area (Å²) in [5.74, 6) is -0.522. The summed E-state index contributed by atoms with van der Waals surface area (Å²) in [7, 11) is 1.64. The molecule has 1 fully saturated rings. The van der Waals surface area contributed by atoms with E-state index in [1.807, 2.05) is 32.0 Å². The lowest BCUT2D eigenvalue weighted by Gasteiger charge is -2.36. The standard InChI is InChI=1S/C29H33ClN6O4/c1-18(35-32-5)13-22(16-37)40-25-11-9-23(34-19(25)2)28(39)33-15-27(38)36-24(20-7-6-8-21(30)14-20)10-12-26(36)29(3,4)17-31/h6-9,11,13-14,16,24,26,32H,10,12,15H2,1-5H3,(H,33,39)/b22-13+,35-18-. The fraction of sp³-hybridized carbons (Fsp3) is 0.379. The third kappa shape index (κ3) is 7.24. The molecular formula is C29H33ClN6O4. The molecule has 2 atom stereocenters. The number of aryl methyl sites for hydroxylation is 1. The lowest BCUT2D eigenvalue weighted by atomic mass is 9.84. The van der Waals surface area contributed by atoms with Crippen molar-refractivity contribution in [3.8, 4) is 11.8 Å². The number of rotatable bonds is 10. The van der Waals surface area contributed by atoms with Crippen LogP contribution in [0.2, 0.25) is 5.02 Å². The zero-order chi connectivity index (χ0) is 29.4. The first-order chi connectivity index (χ1) is 19.0. The molecule has 0 spiro atoms. The predicted octanol–water partition coefficient (Wildman–Crippen LogP) is 4.11. The number of hydrazone groups is 1. The highest BCUT2D eigenvalue weighted by molar-refractivity contribution is 6.30. The fourth-order valence-corrected chi connectivity index (χ4v) is 4.93. The Labute approximate surface area is 239 Å². The molecule has 1 saturated heterocycles. The largest absolute Gasteiger partial charge is 0.452 e. The summed E-state index contributed by atoms with van der Waals surface area (Å²) in [6.45, 7) is 6.70. The lowest BCUT2D eigenvalue weighted by Crippen LogP contribution is -2.48. The molecule has 2 N–H and O–H groups in total. The molecular weight excluding hydrogens is 532 g/mol. The number of aromatic nitrogens is 1. The number of nitriles is 1. The molecule has 210 valence electrons. The Bertz CT molecular complexity index is 1380. The Balaban J connectivity index is 1.75. The molecule has 2 amide bonds. The molecule has 2 heterocycles. The number of carbonyl (C=O) groups is 3. The van der Waals surface area contributed by atoms with Crippen LogP contribution < -0.4 is 15.5 Å². The molecule has 2 unspecified atom stereocenters. The molecule has 11 heteroatoms. The summed E-state index contributed by atoms with van der Waals surface area (Å²) >= 11 is 6.21. The third-order valence-corrected chi connectivity index (χ3v) is 6.92. The summed E-state index contributed by atoms with van der Waals surface area (Å²) in [6, 6.07) is 12.0. The van der Waals surface area contributed by atoms with Gasteiger partial charge >= 0.3 is 0 Å². The van der Waals surface area contributed by atoms with Crippen LogP contribution in [-0.4, -0.2) is 53.3 Å². The van der Waals surface area contributed by atoms with Crippen molar-refractivity contribution in [2.75, 3.05) is 13.6 Å². The van der Waals surface area contributed by atoms with E-state index in [1.165, 1.54) is 18.2 Å². The maximum atomic E-state index is 13.5. The van der Waals surface area contributed by atoms with Crippen LogP contribution in [0, 0.1) is 23.7 Å². The highest BCUT2D eigenvalue weighted by atomic mass is 35.5. The van der Waals surface area contributed by atoms with Crippen LogP contribution in [0.4, 0.5) is 0 Å². The van der Waals surface area contributed by atoms with Crippen LogP contribution >= 0.6 is 11.6 Å². The molecule has 10 nitrogen and oxygen atoms in total. The zero-order valence-corrected chi connectivity index (χ0v) is 24.0. The first-order valence-electron chi connectivity index (χ1n) is 12.8. The minimum atomic E-state index is -0.784. The molecule has 1 aliphatic heterocycles. The summed E-state index contributed by atoms with van der Waals surface area (Å²) in [5, 5.41) is 17.0. The number of hydrogen-bond acceptors (Lipinski definition) is 8.